The number of rotatable bonds is 5. The fraction of sp³-hybridized carbons (Fsp3) is 0.0500. The molecule has 6 nitrogen and oxygen atoms in total. The lowest BCUT2D eigenvalue weighted by molar-refractivity contribution is -0.137. The van der Waals surface area contributed by atoms with Gasteiger partial charge in [-0.15, -0.1) is 0 Å². The van der Waals surface area contributed by atoms with Crippen molar-refractivity contribution in [1.82, 2.24) is 5.43 Å². The zero-order valence-corrected chi connectivity index (χ0v) is 15.7. The Bertz CT molecular complexity index is 1140. The van der Waals surface area contributed by atoms with Crippen molar-refractivity contribution >= 4 is 29.7 Å². The van der Waals surface area contributed by atoms with Crippen molar-refractivity contribution in [3.05, 3.63) is 82.1 Å². The van der Waals surface area contributed by atoms with E-state index < -0.39 is 23.6 Å². The number of halogens is 4. The Balaban J connectivity index is 1.72. The Morgan fingerprint density at radius 1 is 1.07 bits per heavy atom. The Morgan fingerprint density at radius 2 is 1.83 bits per heavy atom. The minimum Gasteiger partial charge on any atom is -0.478 e. The number of alkyl halides is 3. The Hall–Kier alpha value is -3.59. The Kier molecular flexibility index (Phi) is 5.93. The maximum absolute atomic E-state index is 12.7. The number of hydrogen-bond acceptors (Lipinski definition) is 4. The van der Waals surface area contributed by atoms with Gasteiger partial charge in [0.2, 0.25) is 0 Å². The van der Waals surface area contributed by atoms with Gasteiger partial charge in [-0.3, -0.25) is 4.79 Å². The van der Waals surface area contributed by atoms with E-state index in [-0.39, 0.29) is 27.7 Å². The highest BCUT2D eigenvalue weighted by Gasteiger charge is 2.30. The second-order valence-electron chi connectivity index (χ2n) is 5.98. The summed E-state index contributed by atoms with van der Waals surface area (Å²) in [5.41, 5.74) is 1.33. The maximum Gasteiger partial charge on any atom is 0.416 e. The van der Waals surface area contributed by atoms with Crippen molar-refractivity contribution < 1.29 is 32.3 Å². The number of aromatic carboxylic acids is 1. The number of carboxylic acids is 1. The van der Waals surface area contributed by atoms with Crippen LogP contribution in [0, 0.1) is 0 Å². The number of benzene rings is 2. The molecule has 1 heterocycles. The van der Waals surface area contributed by atoms with Gasteiger partial charge in [-0.2, -0.15) is 18.3 Å². The molecule has 0 aliphatic heterocycles. The molecule has 3 rings (SSSR count). The van der Waals surface area contributed by atoms with Crippen LogP contribution in [0.3, 0.4) is 0 Å². The molecule has 0 fully saturated rings. The van der Waals surface area contributed by atoms with Gasteiger partial charge in [0.1, 0.15) is 11.5 Å². The van der Waals surface area contributed by atoms with Crippen LogP contribution in [0.4, 0.5) is 13.2 Å². The molecular formula is C20H12ClF3N2O4. The van der Waals surface area contributed by atoms with E-state index in [4.69, 9.17) is 21.1 Å². The van der Waals surface area contributed by atoms with E-state index in [1.54, 1.807) is 0 Å². The van der Waals surface area contributed by atoms with Gasteiger partial charge in [-0.25, -0.2) is 10.2 Å². The van der Waals surface area contributed by atoms with Crippen LogP contribution in [-0.4, -0.2) is 23.2 Å². The van der Waals surface area contributed by atoms with E-state index in [0.29, 0.717) is 11.6 Å². The maximum atomic E-state index is 12.7. The summed E-state index contributed by atoms with van der Waals surface area (Å²) >= 11 is 6.08. The molecule has 0 bridgehead atoms. The van der Waals surface area contributed by atoms with E-state index in [9.17, 15) is 22.8 Å². The third-order valence-electron chi connectivity index (χ3n) is 3.92. The second-order valence-corrected chi connectivity index (χ2v) is 6.39. The normalized spacial score (nSPS) is 11.6. The number of carboxylic acid groups (broad SMARTS) is 1. The summed E-state index contributed by atoms with van der Waals surface area (Å²) in [7, 11) is 0. The first kappa shape index (κ1) is 21.1. The summed E-state index contributed by atoms with van der Waals surface area (Å²) in [6.45, 7) is 0. The fourth-order valence-corrected chi connectivity index (χ4v) is 2.68. The summed E-state index contributed by atoms with van der Waals surface area (Å²) in [6.07, 6.45) is -3.42. The molecule has 30 heavy (non-hydrogen) atoms. The molecule has 0 unspecified atom stereocenters. The van der Waals surface area contributed by atoms with Crippen LogP contribution < -0.4 is 5.43 Å². The van der Waals surface area contributed by atoms with Gasteiger partial charge in [-0.1, -0.05) is 17.7 Å². The van der Waals surface area contributed by atoms with Crippen LogP contribution in [0.2, 0.25) is 5.02 Å². The zero-order chi connectivity index (χ0) is 21.9. The molecule has 154 valence electrons. The highest BCUT2D eigenvalue weighted by Crippen LogP contribution is 2.31. The van der Waals surface area contributed by atoms with E-state index in [1.807, 2.05) is 0 Å². The van der Waals surface area contributed by atoms with Gasteiger partial charge < -0.3 is 9.52 Å². The summed E-state index contributed by atoms with van der Waals surface area (Å²) < 4.78 is 43.7. The molecule has 0 spiro atoms. The number of hydrogen-bond donors (Lipinski definition) is 2. The standard InChI is InChI=1S/C20H12ClF3N2O4/c21-16-6-4-12(19(28)29)9-15(16)17-7-5-14(30-17)10-25-26-18(27)11-2-1-3-13(8-11)20(22,23)24/h1-10H,(H,26,27)(H,28,29). The van der Waals surface area contributed by atoms with E-state index in [1.165, 1.54) is 36.4 Å². The second kappa shape index (κ2) is 8.42. The van der Waals surface area contributed by atoms with Crippen molar-refractivity contribution in [3.8, 4) is 11.3 Å². The first-order chi connectivity index (χ1) is 14.1. The number of furan rings is 1. The highest BCUT2D eigenvalue weighted by molar-refractivity contribution is 6.33. The van der Waals surface area contributed by atoms with Crippen LogP contribution in [0.5, 0.6) is 0 Å². The van der Waals surface area contributed by atoms with Gasteiger partial charge in [0.05, 0.1) is 22.4 Å². The predicted molar refractivity (Wildman–Crippen MR) is 103 cm³/mol. The first-order valence-electron chi connectivity index (χ1n) is 8.29. The summed E-state index contributed by atoms with van der Waals surface area (Å²) in [6, 6.07) is 11.1. The lowest BCUT2D eigenvalue weighted by atomic mass is 10.1. The van der Waals surface area contributed by atoms with Crippen LogP contribution in [0.1, 0.15) is 32.0 Å². The first-order valence-corrected chi connectivity index (χ1v) is 8.66. The van der Waals surface area contributed by atoms with E-state index >= 15 is 0 Å². The van der Waals surface area contributed by atoms with Gasteiger partial charge in [0, 0.05) is 11.1 Å². The van der Waals surface area contributed by atoms with Crippen LogP contribution in [0.25, 0.3) is 11.3 Å². The molecule has 0 saturated heterocycles. The summed E-state index contributed by atoms with van der Waals surface area (Å²) in [5.74, 6) is -1.49. The average Bonchev–Trinajstić information content (AvgIpc) is 3.16. The topological polar surface area (TPSA) is 91.9 Å². The molecule has 0 saturated carbocycles. The SMILES string of the molecule is O=C(O)c1ccc(Cl)c(-c2ccc(C=NNC(=O)c3cccc(C(F)(F)F)c3)o2)c1. The van der Waals surface area contributed by atoms with Crippen LogP contribution >= 0.6 is 11.6 Å². The fourth-order valence-electron chi connectivity index (χ4n) is 2.47. The zero-order valence-electron chi connectivity index (χ0n) is 14.9. The molecule has 2 N–H and O–H groups in total. The lowest BCUT2D eigenvalue weighted by Crippen LogP contribution is -2.18. The minimum absolute atomic E-state index is 0.0226. The third-order valence-corrected chi connectivity index (χ3v) is 4.25. The molecule has 0 aliphatic rings. The molecule has 1 aromatic heterocycles. The smallest absolute Gasteiger partial charge is 0.416 e. The molecule has 10 heteroatoms. The van der Waals surface area contributed by atoms with Crippen LogP contribution in [0.15, 0.2) is 64.1 Å². The third kappa shape index (κ3) is 4.87. The quantitative estimate of drug-likeness (QED) is 0.431. The van der Waals surface area contributed by atoms with Crippen LogP contribution in [-0.2, 0) is 6.18 Å². The van der Waals surface area contributed by atoms with Crippen molar-refractivity contribution in [3.63, 3.8) is 0 Å². The molecule has 2 aromatic carbocycles. The highest BCUT2D eigenvalue weighted by atomic mass is 35.5. The Labute approximate surface area is 172 Å². The average molecular weight is 437 g/mol. The number of hydrazone groups is 1. The van der Waals surface area contributed by atoms with E-state index in [2.05, 4.69) is 10.5 Å². The van der Waals surface area contributed by atoms with Crippen molar-refractivity contribution in [2.75, 3.05) is 0 Å². The van der Waals surface area contributed by atoms with E-state index in [0.717, 1.165) is 18.3 Å². The minimum atomic E-state index is -4.57. The molecule has 0 radical (unpaired) electrons. The molecule has 0 aliphatic carbocycles. The van der Waals surface area contributed by atoms with Gasteiger partial charge in [-0.05, 0) is 48.5 Å². The lowest BCUT2D eigenvalue weighted by Gasteiger charge is -2.07. The van der Waals surface area contributed by atoms with Crippen molar-refractivity contribution in [2.45, 2.75) is 6.18 Å². The molecule has 0 atom stereocenters. The largest absolute Gasteiger partial charge is 0.478 e. The monoisotopic (exact) mass is 436 g/mol. The van der Waals surface area contributed by atoms with Crippen molar-refractivity contribution in [1.29, 1.82) is 0 Å². The van der Waals surface area contributed by atoms with Gasteiger partial charge in [0.15, 0.2) is 0 Å². The Morgan fingerprint density at radius 3 is 2.53 bits per heavy atom. The molecule has 3 aromatic rings. The number of nitrogens with zero attached hydrogens (tertiary/aromatic N) is 1. The molecule has 1 amide bonds. The van der Waals surface area contributed by atoms with Gasteiger partial charge in [0.25, 0.3) is 5.91 Å². The van der Waals surface area contributed by atoms with Crippen molar-refractivity contribution in [2.24, 2.45) is 5.10 Å². The number of nitrogens with one attached hydrogen (secondary N) is 1. The number of carbonyl (C=O) groups is 2. The number of carbonyl (C=O) groups excluding carboxylic acids is 1. The van der Waals surface area contributed by atoms with Gasteiger partial charge >= 0.3 is 12.1 Å². The predicted octanol–water partition coefficient (Wildman–Crippen LogP) is 5.08. The summed E-state index contributed by atoms with van der Waals surface area (Å²) in [4.78, 5) is 23.1. The summed E-state index contributed by atoms with van der Waals surface area (Å²) in [5, 5.41) is 13.0. The molecular weight excluding hydrogens is 425 g/mol. The number of amides is 1.